The predicted molar refractivity (Wildman–Crippen MR) is 125 cm³/mol. The summed E-state index contributed by atoms with van der Waals surface area (Å²) in [6.07, 6.45) is 2.84. The number of fused-ring (bicyclic) bond motifs is 1. The monoisotopic (exact) mass is 437 g/mol. The quantitative estimate of drug-likeness (QED) is 0.580. The lowest BCUT2D eigenvalue weighted by Crippen LogP contribution is -2.48. The van der Waals surface area contributed by atoms with Crippen LogP contribution in [0.1, 0.15) is 53.0 Å². The van der Waals surface area contributed by atoms with E-state index >= 15 is 0 Å². The van der Waals surface area contributed by atoms with Gasteiger partial charge in [0, 0.05) is 39.3 Å². The number of carbonyl (C=O) groups is 2. The van der Waals surface area contributed by atoms with Gasteiger partial charge >= 0.3 is 0 Å². The van der Waals surface area contributed by atoms with E-state index in [9.17, 15) is 14.0 Å². The van der Waals surface area contributed by atoms with Crippen LogP contribution in [0.3, 0.4) is 0 Å². The minimum atomic E-state index is -0.310. The SMILES string of the molecule is CCC(CC)CN1CCN(c2cccc3c2C(=O)N(CCc2cccc(F)c2)C3=O)CC1. The minimum Gasteiger partial charge on any atom is -0.368 e. The van der Waals surface area contributed by atoms with Crippen LogP contribution in [0.2, 0.25) is 0 Å². The molecule has 1 saturated heterocycles. The Hall–Kier alpha value is -2.73. The smallest absolute Gasteiger partial charge is 0.263 e. The maximum absolute atomic E-state index is 13.5. The van der Waals surface area contributed by atoms with E-state index in [-0.39, 0.29) is 24.2 Å². The average molecular weight is 438 g/mol. The van der Waals surface area contributed by atoms with E-state index in [1.807, 2.05) is 18.2 Å². The zero-order valence-corrected chi connectivity index (χ0v) is 19.0. The molecule has 0 aromatic heterocycles. The number of anilines is 1. The number of nitrogens with zero attached hydrogens (tertiary/aromatic N) is 3. The first-order chi connectivity index (χ1) is 15.5. The largest absolute Gasteiger partial charge is 0.368 e. The van der Waals surface area contributed by atoms with Crippen LogP contribution in [-0.2, 0) is 6.42 Å². The van der Waals surface area contributed by atoms with Gasteiger partial charge in [-0.1, -0.05) is 44.9 Å². The van der Waals surface area contributed by atoms with Crippen LogP contribution < -0.4 is 4.90 Å². The van der Waals surface area contributed by atoms with E-state index in [1.54, 1.807) is 12.1 Å². The number of rotatable bonds is 8. The molecule has 0 bridgehead atoms. The van der Waals surface area contributed by atoms with Crippen molar-refractivity contribution in [3.63, 3.8) is 0 Å². The van der Waals surface area contributed by atoms with E-state index < -0.39 is 0 Å². The molecule has 0 atom stereocenters. The van der Waals surface area contributed by atoms with Crippen molar-refractivity contribution in [1.82, 2.24) is 9.80 Å². The molecular weight excluding hydrogens is 405 g/mol. The second-order valence-electron chi connectivity index (χ2n) is 8.81. The van der Waals surface area contributed by atoms with E-state index in [0.717, 1.165) is 49.9 Å². The molecule has 170 valence electrons. The predicted octanol–water partition coefficient (Wildman–Crippen LogP) is 4.22. The summed E-state index contributed by atoms with van der Waals surface area (Å²) < 4.78 is 13.5. The second kappa shape index (κ2) is 9.82. The Balaban J connectivity index is 1.45. The summed E-state index contributed by atoms with van der Waals surface area (Å²) in [5.41, 5.74) is 2.63. The van der Waals surface area contributed by atoms with Gasteiger partial charge < -0.3 is 4.90 Å². The molecule has 2 aliphatic rings. The van der Waals surface area contributed by atoms with Gasteiger partial charge in [0.15, 0.2) is 0 Å². The molecule has 4 rings (SSSR count). The molecule has 5 nitrogen and oxygen atoms in total. The number of halogens is 1. The van der Waals surface area contributed by atoms with E-state index in [2.05, 4.69) is 23.6 Å². The Morgan fingerprint density at radius 3 is 2.34 bits per heavy atom. The van der Waals surface area contributed by atoms with Crippen molar-refractivity contribution in [3.8, 4) is 0 Å². The highest BCUT2D eigenvalue weighted by Crippen LogP contribution is 2.32. The highest BCUT2D eigenvalue weighted by atomic mass is 19.1. The Morgan fingerprint density at radius 2 is 1.66 bits per heavy atom. The second-order valence-corrected chi connectivity index (χ2v) is 8.81. The lowest BCUT2D eigenvalue weighted by molar-refractivity contribution is 0.0656. The Kier molecular flexibility index (Phi) is 6.89. The van der Waals surface area contributed by atoms with Crippen LogP contribution in [0.5, 0.6) is 0 Å². The molecule has 0 unspecified atom stereocenters. The van der Waals surface area contributed by atoms with Gasteiger partial charge in [-0.25, -0.2) is 4.39 Å². The fourth-order valence-electron chi connectivity index (χ4n) is 4.80. The fourth-order valence-corrected chi connectivity index (χ4v) is 4.80. The summed E-state index contributed by atoms with van der Waals surface area (Å²) in [6, 6.07) is 11.9. The summed E-state index contributed by atoms with van der Waals surface area (Å²) >= 11 is 0. The number of piperazine rings is 1. The molecule has 32 heavy (non-hydrogen) atoms. The van der Waals surface area contributed by atoms with E-state index in [4.69, 9.17) is 0 Å². The average Bonchev–Trinajstić information content (AvgIpc) is 3.06. The molecular formula is C26H32FN3O2. The Bertz CT molecular complexity index is 981. The van der Waals surface area contributed by atoms with Crippen molar-refractivity contribution < 1.29 is 14.0 Å². The van der Waals surface area contributed by atoms with E-state index in [0.29, 0.717) is 17.5 Å². The van der Waals surface area contributed by atoms with Crippen LogP contribution in [0, 0.1) is 11.7 Å². The van der Waals surface area contributed by atoms with Crippen molar-refractivity contribution in [2.75, 3.05) is 44.2 Å². The van der Waals surface area contributed by atoms with Gasteiger partial charge in [0.25, 0.3) is 11.8 Å². The number of hydrogen-bond acceptors (Lipinski definition) is 4. The number of carbonyl (C=O) groups excluding carboxylic acids is 2. The molecule has 1 fully saturated rings. The van der Waals surface area contributed by atoms with Gasteiger partial charge in [-0.3, -0.25) is 19.4 Å². The van der Waals surface area contributed by atoms with Gasteiger partial charge in [-0.05, 0) is 42.2 Å². The van der Waals surface area contributed by atoms with Gasteiger partial charge in [0.1, 0.15) is 5.82 Å². The lowest BCUT2D eigenvalue weighted by atomic mass is 10.0. The first kappa shape index (κ1) is 22.5. The number of imide groups is 1. The minimum absolute atomic E-state index is 0.239. The van der Waals surface area contributed by atoms with Crippen molar-refractivity contribution in [1.29, 1.82) is 0 Å². The van der Waals surface area contributed by atoms with Crippen LogP contribution in [0.4, 0.5) is 10.1 Å². The Labute approximate surface area is 189 Å². The fraction of sp³-hybridized carbons (Fsp3) is 0.462. The third kappa shape index (κ3) is 4.56. The first-order valence-corrected chi connectivity index (χ1v) is 11.7. The van der Waals surface area contributed by atoms with Crippen LogP contribution in [-0.4, -0.2) is 60.9 Å². The van der Waals surface area contributed by atoms with Crippen molar-refractivity contribution in [3.05, 3.63) is 65.0 Å². The Morgan fingerprint density at radius 1 is 0.938 bits per heavy atom. The highest BCUT2D eigenvalue weighted by Gasteiger charge is 2.38. The summed E-state index contributed by atoms with van der Waals surface area (Å²) in [7, 11) is 0. The summed E-state index contributed by atoms with van der Waals surface area (Å²) in [4.78, 5) is 32.3. The topological polar surface area (TPSA) is 43.9 Å². The van der Waals surface area contributed by atoms with Crippen LogP contribution >= 0.6 is 0 Å². The van der Waals surface area contributed by atoms with Crippen molar-refractivity contribution >= 4 is 17.5 Å². The maximum atomic E-state index is 13.5. The van der Waals surface area contributed by atoms with Gasteiger partial charge in [-0.15, -0.1) is 0 Å². The molecule has 2 aromatic rings. The normalized spacial score (nSPS) is 16.9. The number of benzene rings is 2. The van der Waals surface area contributed by atoms with E-state index in [1.165, 1.54) is 29.9 Å². The molecule has 2 amide bonds. The molecule has 0 spiro atoms. The van der Waals surface area contributed by atoms with Gasteiger partial charge in [0.05, 0.1) is 16.8 Å². The standard InChI is InChI=1S/C26H32FN3O2/c1-3-19(4-2)18-28-13-15-29(16-14-28)23-10-6-9-22-24(23)26(32)30(25(22)31)12-11-20-7-5-8-21(27)17-20/h5-10,17,19H,3-4,11-16,18H2,1-2H3. The molecule has 0 radical (unpaired) electrons. The summed E-state index contributed by atoms with van der Waals surface area (Å²) in [5.74, 6) is -0.0732. The molecule has 2 heterocycles. The summed E-state index contributed by atoms with van der Waals surface area (Å²) in [5, 5.41) is 0. The molecule has 0 saturated carbocycles. The van der Waals surface area contributed by atoms with Crippen LogP contribution in [0.15, 0.2) is 42.5 Å². The number of hydrogen-bond donors (Lipinski definition) is 0. The maximum Gasteiger partial charge on any atom is 0.263 e. The summed E-state index contributed by atoms with van der Waals surface area (Å²) in [6.45, 7) is 9.50. The molecule has 2 aromatic carbocycles. The highest BCUT2D eigenvalue weighted by molar-refractivity contribution is 6.23. The first-order valence-electron chi connectivity index (χ1n) is 11.7. The zero-order chi connectivity index (χ0) is 22.7. The van der Waals surface area contributed by atoms with Gasteiger partial charge in [0.2, 0.25) is 0 Å². The van der Waals surface area contributed by atoms with Crippen molar-refractivity contribution in [2.45, 2.75) is 33.1 Å². The molecule has 0 N–H and O–H groups in total. The van der Waals surface area contributed by atoms with Gasteiger partial charge in [-0.2, -0.15) is 0 Å². The molecule has 2 aliphatic heterocycles. The zero-order valence-electron chi connectivity index (χ0n) is 19.0. The molecule has 0 aliphatic carbocycles. The third-order valence-corrected chi connectivity index (χ3v) is 6.87. The van der Waals surface area contributed by atoms with Crippen LogP contribution in [0.25, 0.3) is 0 Å². The number of amides is 2. The molecule has 6 heteroatoms. The lowest BCUT2D eigenvalue weighted by Gasteiger charge is -2.38. The van der Waals surface area contributed by atoms with Crippen molar-refractivity contribution in [2.24, 2.45) is 5.92 Å². The third-order valence-electron chi connectivity index (χ3n) is 6.87.